The zero-order chi connectivity index (χ0) is 18.5. The Morgan fingerprint density at radius 2 is 1.65 bits per heavy atom. The van der Waals surface area contributed by atoms with Gasteiger partial charge in [-0.25, -0.2) is 0 Å². The molecule has 2 amide bonds. The first kappa shape index (κ1) is 18.1. The van der Waals surface area contributed by atoms with Crippen LogP contribution >= 0.6 is 0 Å². The summed E-state index contributed by atoms with van der Waals surface area (Å²) in [5, 5.41) is 5.85. The number of hydrogen-bond donors (Lipinski definition) is 3. The predicted molar refractivity (Wildman–Crippen MR) is 102 cm³/mol. The van der Waals surface area contributed by atoms with Crippen LogP contribution in [0.25, 0.3) is 0 Å². The number of nitrogens with one attached hydrogen (secondary N) is 2. The molecule has 1 aliphatic heterocycles. The topological polar surface area (TPSA) is 84.2 Å². The lowest BCUT2D eigenvalue weighted by atomic mass is 9.82. The lowest BCUT2D eigenvalue weighted by Gasteiger charge is -2.27. The zero-order valence-electron chi connectivity index (χ0n) is 14.9. The molecule has 0 bridgehead atoms. The minimum atomic E-state index is -0.660. The third kappa shape index (κ3) is 4.11. The van der Waals surface area contributed by atoms with Gasteiger partial charge < -0.3 is 16.4 Å². The molecule has 4 atom stereocenters. The minimum absolute atomic E-state index is 0.119. The molecule has 2 aromatic carbocycles. The van der Waals surface area contributed by atoms with Crippen molar-refractivity contribution in [1.29, 1.82) is 0 Å². The lowest BCUT2D eigenvalue weighted by molar-refractivity contribution is -0.129. The molecule has 3 rings (SSSR count). The molecule has 2 aromatic rings. The summed E-state index contributed by atoms with van der Waals surface area (Å²) >= 11 is 0. The molecular formula is C21H25N3O2. The Kier molecular flexibility index (Phi) is 5.68. The normalized spacial score (nSPS) is 24.2. The second kappa shape index (κ2) is 8.15. The molecule has 0 spiro atoms. The fraction of sp³-hybridized carbons (Fsp3) is 0.333. The fourth-order valence-electron chi connectivity index (χ4n) is 3.50. The van der Waals surface area contributed by atoms with Gasteiger partial charge in [0, 0.05) is 18.4 Å². The predicted octanol–water partition coefficient (Wildman–Crippen LogP) is 1.91. The van der Waals surface area contributed by atoms with Crippen molar-refractivity contribution < 1.29 is 9.59 Å². The summed E-state index contributed by atoms with van der Waals surface area (Å²) in [7, 11) is 0. The van der Waals surface area contributed by atoms with Crippen LogP contribution in [0.1, 0.15) is 36.3 Å². The Bertz CT molecular complexity index is 746. The molecule has 5 heteroatoms. The average Bonchev–Trinajstić information content (AvgIpc) is 2.83. The van der Waals surface area contributed by atoms with Crippen LogP contribution in [0.15, 0.2) is 60.7 Å². The van der Waals surface area contributed by atoms with Gasteiger partial charge >= 0.3 is 0 Å². The maximum absolute atomic E-state index is 12.8. The van der Waals surface area contributed by atoms with Gasteiger partial charge in [0.05, 0.1) is 6.04 Å². The molecule has 1 aliphatic rings. The summed E-state index contributed by atoms with van der Waals surface area (Å²) in [6.45, 7) is 2.17. The Morgan fingerprint density at radius 1 is 1.08 bits per heavy atom. The van der Waals surface area contributed by atoms with Crippen LogP contribution in [-0.4, -0.2) is 30.4 Å². The van der Waals surface area contributed by atoms with Crippen LogP contribution in [0.3, 0.4) is 0 Å². The van der Waals surface area contributed by atoms with E-state index in [1.54, 1.807) is 6.92 Å². The smallest absolute Gasteiger partial charge is 0.243 e. The first-order valence-electron chi connectivity index (χ1n) is 9.00. The standard InChI is InChI=1S/C21H25N3O2/c1-14(22)20(25)24-19-18(16-10-6-3-7-11-16)12-17(13-23-21(19)26)15-8-4-2-5-9-15/h2-11,14,17-19H,12-13,22H2,1H3,(H,23,26)(H,24,25)/t14-,17-,18+,19-/m0/s1. The van der Waals surface area contributed by atoms with Crippen molar-refractivity contribution in [3.05, 3.63) is 71.8 Å². The number of carbonyl (C=O) groups is 2. The molecule has 1 saturated heterocycles. The molecule has 26 heavy (non-hydrogen) atoms. The summed E-state index contributed by atoms with van der Waals surface area (Å²) < 4.78 is 0. The zero-order valence-corrected chi connectivity index (χ0v) is 14.9. The van der Waals surface area contributed by atoms with Crippen LogP contribution in [0.5, 0.6) is 0 Å². The Balaban J connectivity index is 1.94. The number of rotatable bonds is 4. The molecule has 0 saturated carbocycles. The third-order valence-corrected chi connectivity index (χ3v) is 4.96. The number of amides is 2. The van der Waals surface area contributed by atoms with Crippen molar-refractivity contribution >= 4 is 11.8 Å². The van der Waals surface area contributed by atoms with Gasteiger partial charge in [0.25, 0.3) is 0 Å². The summed E-state index contributed by atoms with van der Waals surface area (Å²) in [6, 6.07) is 18.8. The number of nitrogens with two attached hydrogens (primary N) is 1. The van der Waals surface area contributed by atoms with Gasteiger partial charge in [0.1, 0.15) is 6.04 Å². The van der Waals surface area contributed by atoms with Crippen molar-refractivity contribution in [3.63, 3.8) is 0 Å². The fourth-order valence-corrected chi connectivity index (χ4v) is 3.50. The van der Waals surface area contributed by atoms with Gasteiger partial charge in [-0.05, 0) is 24.5 Å². The van der Waals surface area contributed by atoms with E-state index >= 15 is 0 Å². The number of benzene rings is 2. The molecule has 0 aromatic heterocycles. The molecule has 0 unspecified atom stereocenters. The molecule has 0 radical (unpaired) electrons. The number of carbonyl (C=O) groups excluding carboxylic acids is 2. The summed E-state index contributed by atoms with van der Waals surface area (Å²) in [4.78, 5) is 24.9. The summed E-state index contributed by atoms with van der Waals surface area (Å²) in [5.74, 6) is -0.412. The first-order valence-corrected chi connectivity index (χ1v) is 9.00. The molecule has 4 N–H and O–H groups in total. The van der Waals surface area contributed by atoms with Crippen molar-refractivity contribution in [3.8, 4) is 0 Å². The van der Waals surface area contributed by atoms with E-state index in [2.05, 4.69) is 22.8 Å². The average molecular weight is 351 g/mol. The molecule has 5 nitrogen and oxygen atoms in total. The third-order valence-electron chi connectivity index (χ3n) is 4.96. The van der Waals surface area contributed by atoms with Crippen molar-refractivity contribution in [1.82, 2.24) is 10.6 Å². The quantitative estimate of drug-likeness (QED) is 0.787. The van der Waals surface area contributed by atoms with Crippen LogP contribution in [0.4, 0.5) is 0 Å². The first-order chi connectivity index (χ1) is 12.6. The summed E-state index contributed by atoms with van der Waals surface area (Å²) in [6.07, 6.45) is 0.761. The van der Waals surface area contributed by atoms with Crippen molar-refractivity contribution in [2.24, 2.45) is 5.73 Å². The van der Waals surface area contributed by atoms with Crippen molar-refractivity contribution in [2.45, 2.75) is 37.3 Å². The van der Waals surface area contributed by atoms with E-state index in [1.807, 2.05) is 48.5 Å². The highest BCUT2D eigenvalue weighted by molar-refractivity contribution is 5.90. The van der Waals surface area contributed by atoms with E-state index in [1.165, 1.54) is 5.56 Å². The van der Waals surface area contributed by atoms with E-state index < -0.39 is 12.1 Å². The monoisotopic (exact) mass is 351 g/mol. The molecule has 1 heterocycles. The lowest BCUT2D eigenvalue weighted by Crippen LogP contribution is -2.52. The maximum atomic E-state index is 12.8. The van der Waals surface area contributed by atoms with Crippen LogP contribution < -0.4 is 16.4 Å². The second-order valence-electron chi connectivity index (χ2n) is 6.88. The number of hydrogen-bond acceptors (Lipinski definition) is 3. The maximum Gasteiger partial charge on any atom is 0.243 e. The van der Waals surface area contributed by atoms with E-state index in [9.17, 15) is 9.59 Å². The Labute approximate surface area is 154 Å². The van der Waals surface area contributed by atoms with Crippen LogP contribution in [0.2, 0.25) is 0 Å². The van der Waals surface area contributed by atoms with Crippen LogP contribution in [-0.2, 0) is 9.59 Å². The highest BCUT2D eigenvalue weighted by Crippen LogP contribution is 2.34. The van der Waals surface area contributed by atoms with E-state index in [-0.39, 0.29) is 23.7 Å². The van der Waals surface area contributed by atoms with Gasteiger partial charge in [-0.2, -0.15) is 0 Å². The Hall–Kier alpha value is -2.66. The Morgan fingerprint density at radius 3 is 2.23 bits per heavy atom. The van der Waals surface area contributed by atoms with Crippen molar-refractivity contribution in [2.75, 3.05) is 6.54 Å². The van der Waals surface area contributed by atoms with E-state index in [4.69, 9.17) is 5.73 Å². The van der Waals surface area contributed by atoms with Gasteiger partial charge in [0.15, 0.2) is 0 Å². The van der Waals surface area contributed by atoms with Gasteiger partial charge in [-0.15, -0.1) is 0 Å². The van der Waals surface area contributed by atoms with Gasteiger partial charge in [-0.3, -0.25) is 9.59 Å². The van der Waals surface area contributed by atoms with E-state index in [0.717, 1.165) is 12.0 Å². The molecule has 1 fully saturated rings. The van der Waals surface area contributed by atoms with Gasteiger partial charge in [-0.1, -0.05) is 60.7 Å². The summed E-state index contributed by atoms with van der Waals surface area (Å²) in [5.41, 5.74) is 7.93. The highest BCUT2D eigenvalue weighted by Gasteiger charge is 2.36. The van der Waals surface area contributed by atoms with Gasteiger partial charge in [0.2, 0.25) is 11.8 Å². The molecular weight excluding hydrogens is 326 g/mol. The van der Waals surface area contributed by atoms with Crippen LogP contribution in [0, 0.1) is 0 Å². The molecule has 136 valence electrons. The minimum Gasteiger partial charge on any atom is -0.354 e. The largest absolute Gasteiger partial charge is 0.354 e. The highest BCUT2D eigenvalue weighted by atomic mass is 16.2. The van der Waals surface area contributed by atoms with E-state index in [0.29, 0.717) is 6.54 Å². The second-order valence-corrected chi connectivity index (χ2v) is 6.88. The molecule has 0 aliphatic carbocycles. The SMILES string of the molecule is C[C@H](N)C(=O)N[C@@H]1C(=O)NC[C@@H](c2ccccc2)C[C@@H]1c1ccccc1.